The summed E-state index contributed by atoms with van der Waals surface area (Å²) < 4.78 is 10.5. The lowest BCUT2D eigenvalue weighted by Gasteiger charge is -2.31. The molecular weight excluding hydrogens is 304 g/mol. The number of halogens is 1. The highest BCUT2D eigenvalue weighted by Gasteiger charge is 2.22. The van der Waals surface area contributed by atoms with Crippen LogP contribution in [0.25, 0.3) is 0 Å². The van der Waals surface area contributed by atoms with Crippen LogP contribution in [-0.4, -0.2) is 57.3 Å². The number of piperidine rings is 1. The van der Waals surface area contributed by atoms with E-state index in [1.165, 1.54) is 0 Å². The summed E-state index contributed by atoms with van der Waals surface area (Å²) in [4.78, 5) is 14.4. The van der Waals surface area contributed by atoms with Crippen molar-refractivity contribution in [3.63, 3.8) is 0 Å². The molecule has 0 saturated carbocycles. The third-order valence-corrected chi connectivity index (χ3v) is 3.81. The Bertz CT molecular complexity index is 464. The van der Waals surface area contributed by atoms with Crippen molar-refractivity contribution in [3.05, 3.63) is 29.8 Å². The second-order valence-electron chi connectivity index (χ2n) is 5.27. The van der Waals surface area contributed by atoms with Crippen molar-refractivity contribution < 1.29 is 14.3 Å². The average molecular weight is 329 g/mol. The van der Waals surface area contributed by atoms with E-state index in [0.29, 0.717) is 30.6 Å². The summed E-state index contributed by atoms with van der Waals surface area (Å²) in [5.74, 6) is 0.760. The predicted octanol–water partition coefficient (Wildman–Crippen LogP) is 1.96. The van der Waals surface area contributed by atoms with Gasteiger partial charge in [0.15, 0.2) is 0 Å². The minimum atomic E-state index is 0. The summed E-state index contributed by atoms with van der Waals surface area (Å²) in [7, 11) is 3.52. The molecule has 0 atom stereocenters. The lowest BCUT2D eigenvalue weighted by atomic mass is 10.0. The van der Waals surface area contributed by atoms with Gasteiger partial charge in [0.25, 0.3) is 5.91 Å². The molecule has 1 aromatic carbocycles. The first-order chi connectivity index (χ1) is 10.2. The van der Waals surface area contributed by atoms with Gasteiger partial charge in [-0.15, -0.1) is 12.4 Å². The van der Waals surface area contributed by atoms with Crippen LogP contribution in [0.15, 0.2) is 24.3 Å². The number of carbonyl (C=O) groups is 1. The zero-order chi connectivity index (χ0) is 15.1. The largest absolute Gasteiger partial charge is 0.491 e. The standard InChI is InChI=1S/C16H24N2O3.ClH/c1-18(14-6-8-17-9-7-14)16(19)13-4-3-5-15(12-13)21-11-10-20-2;/h3-5,12,14,17H,6-11H2,1-2H3;1H. The van der Waals surface area contributed by atoms with E-state index < -0.39 is 0 Å². The number of hydrogen-bond donors (Lipinski definition) is 1. The van der Waals surface area contributed by atoms with Crippen LogP contribution in [0.2, 0.25) is 0 Å². The van der Waals surface area contributed by atoms with Gasteiger partial charge in [-0.2, -0.15) is 0 Å². The first-order valence-corrected chi connectivity index (χ1v) is 7.42. The van der Waals surface area contributed by atoms with Crippen molar-refractivity contribution >= 4 is 18.3 Å². The van der Waals surface area contributed by atoms with Gasteiger partial charge in [-0.05, 0) is 44.1 Å². The number of hydrogen-bond acceptors (Lipinski definition) is 4. The van der Waals surface area contributed by atoms with Crippen LogP contribution in [0.1, 0.15) is 23.2 Å². The zero-order valence-corrected chi connectivity index (χ0v) is 14.0. The predicted molar refractivity (Wildman–Crippen MR) is 89.0 cm³/mol. The molecule has 0 aliphatic carbocycles. The first-order valence-electron chi connectivity index (χ1n) is 7.42. The normalized spacial score (nSPS) is 15.0. The van der Waals surface area contributed by atoms with Gasteiger partial charge in [0.05, 0.1) is 6.61 Å². The molecule has 2 rings (SSSR count). The van der Waals surface area contributed by atoms with Crippen molar-refractivity contribution in [1.82, 2.24) is 10.2 Å². The Morgan fingerprint density at radius 3 is 2.73 bits per heavy atom. The Morgan fingerprint density at radius 2 is 2.05 bits per heavy atom. The summed E-state index contributed by atoms with van der Waals surface area (Å²) in [6, 6.07) is 7.66. The summed E-state index contributed by atoms with van der Waals surface area (Å²) in [5, 5.41) is 3.32. The molecule has 0 aromatic heterocycles. The van der Waals surface area contributed by atoms with Crippen LogP contribution in [0, 0.1) is 0 Å². The van der Waals surface area contributed by atoms with Crippen LogP contribution in [0.3, 0.4) is 0 Å². The second-order valence-corrected chi connectivity index (χ2v) is 5.27. The molecule has 1 heterocycles. The Kier molecular flexibility index (Phi) is 8.24. The van der Waals surface area contributed by atoms with Gasteiger partial charge in [-0.1, -0.05) is 6.07 Å². The summed E-state index contributed by atoms with van der Waals surface area (Å²) >= 11 is 0. The van der Waals surface area contributed by atoms with Gasteiger partial charge >= 0.3 is 0 Å². The van der Waals surface area contributed by atoms with Crippen LogP contribution in [0.5, 0.6) is 5.75 Å². The van der Waals surface area contributed by atoms with Crippen molar-refractivity contribution in [1.29, 1.82) is 0 Å². The molecule has 0 radical (unpaired) electrons. The molecule has 1 N–H and O–H groups in total. The lowest BCUT2D eigenvalue weighted by molar-refractivity contribution is 0.0702. The van der Waals surface area contributed by atoms with E-state index in [1.54, 1.807) is 13.2 Å². The molecule has 22 heavy (non-hydrogen) atoms. The molecule has 1 fully saturated rings. The fraction of sp³-hybridized carbons (Fsp3) is 0.562. The molecule has 1 aliphatic rings. The summed E-state index contributed by atoms with van der Waals surface area (Å²) in [6.07, 6.45) is 2.01. The highest BCUT2D eigenvalue weighted by molar-refractivity contribution is 5.94. The van der Waals surface area contributed by atoms with Gasteiger partial charge in [0.2, 0.25) is 0 Å². The maximum Gasteiger partial charge on any atom is 0.253 e. The van der Waals surface area contributed by atoms with E-state index >= 15 is 0 Å². The molecule has 1 amide bonds. The maximum atomic E-state index is 12.6. The van der Waals surface area contributed by atoms with Gasteiger partial charge in [0, 0.05) is 25.8 Å². The van der Waals surface area contributed by atoms with Gasteiger partial charge in [-0.3, -0.25) is 4.79 Å². The molecule has 124 valence electrons. The van der Waals surface area contributed by atoms with E-state index in [9.17, 15) is 4.79 Å². The molecule has 0 unspecified atom stereocenters. The van der Waals surface area contributed by atoms with E-state index in [-0.39, 0.29) is 18.3 Å². The van der Waals surface area contributed by atoms with Crippen molar-refractivity contribution in [2.24, 2.45) is 0 Å². The van der Waals surface area contributed by atoms with Gasteiger partial charge in [0.1, 0.15) is 12.4 Å². The van der Waals surface area contributed by atoms with E-state index in [1.807, 2.05) is 30.1 Å². The minimum absolute atomic E-state index is 0. The topological polar surface area (TPSA) is 50.8 Å². The quantitative estimate of drug-likeness (QED) is 0.811. The second kappa shape index (κ2) is 9.66. The number of amides is 1. The van der Waals surface area contributed by atoms with E-state index in [0.717, 1.165) is 25.9 Å². The Hall–Kier alpha value is -1.30. The number of methoxy groups -OCH3 is 1. The zero-order valence-electron chi connectivity index (χ0n) is 13.2. The molecule has 0 spiro atoms. The summed E-state index contributed by atoms with van der Waals surface area (Å²) in [6.45, 7) is 2.97. The Balaban J connectivity index is 0.00000242. The van der Waals surface area contributed by atoms with Crippen LogP contribution in [-0.2, 0) is 4.74 Å². The minimum Gasteiger partial charge on any atom is -0.491 e. The fourth-order valence-corrected chi connectivity index (χ4v) is 2.53. The number of carbonyl (C=O) groups excluding carboxylic acids is 1. The highest BCUT2D eigenvalue weighted by atomic mass is 35.5. The fourth-order valence-electron chi connectivity index (χ4n) is 2.53. The molecule has 1 saturated heterocycles. The number of benzene rings is 1. The number of nitrogens with one attached hydrogen (secondary N) is 1. The lowest BCUT2D eigenvalue weighted by Crippen LogP contribution is -2.43. The smallest absolute Gasteiger partial charge is 0.253 e. The number of nitrogens with zero attached hydrogens (tertiary/aromatic N) is 1. The average Bonchev–Trinajstić information content (AvgIpc) is 2.55. The SMILES string of the molecule is COCCOc1cccc(C(=O)N(C)C2CCNCC2)c1.Cl. The van der Waals surface area contributed by atoms with Crippen LogP contribution < -0.4 is 10.1 Å². The van der Waals surface area contributed by atoms with Gasteiger partial charge in [-0.25, -0.2) is 0 Å². The molecule has 1 aliphatic heterocycles. The van der Waals surface area contributed by atoms with Crippen molar-refractivity contribution in [2.75, 3.05) is 40.5 Å². The molecule has 5 nitrogen and oxygen atoms in total. The third kappa shape index (κ3) is 5.16. The van der Waals surface area contributed by atoms with Crippen LogP contribution >= 0.6 is 12.4 Å². The molecular formula is C16H25ClN2O3. The first kappa shape index (κ1) is 18.7. The van der Waals surface area contributed by atoms with E-state index in [2.05, 4.69) is 5.32 Å². The third-order valence-electron chi connectivity index (χ3n) is 3.81. The number of rotatable bonds is 6. The van der Waals surface area contributed by atoms with E-state index in [4.69, 9.17) is 9.47 Å². The maximum absolute atomic E-state index is 12.6. The van der Waals surface area contributed by atoms with Gasteiger partial charge < -0.3 is 19.7 Å². The van der Waals surface area contributed by atoms with Crippen molar-refractivity contribution in [2.45, 2.75) is 18.9 Å². The molecule has 6 heteroatoms. The molecule has 1 aromatic rings. The highest BCUT2D eigenvalue weighted by Crippen LogP contribution is 2.18. The monoisotopic (exact) mass is 328 g/mol. The molecule has 0 bridgehead atoms. The summed E-state index contributed by atoms with van der Waals surface area (Å²) in [5.41, 5.74) is 0.672. The Labute approximate surface area is 138 Å². The van der Waals surface area contributed by atoms with Crippen LogP contribution in [0.4, 0.5) is 0 Å². The number of ether oxygens (including phenoxy) is 2. The van der Waals surface area contributed by atoms with Crippen molar-refractivity contribution in [3.8, 4) is 5.75 Å². The Morgan fingerprint density at radius 1 is 1.32 bits per heavy atom.